The Morgan fingerprint density at radius 2 is 1.30 bits per heavy atom. The van der Waals surface area contributed by atoms with Crippen LogP contribution in [0.1, 0.15) is 84.0 Å². The van der Waals surface area contributed by atoms with Crippen LogP contribution < -0.4 is 5.32 Å². The van der Waals surface area contributed by atoms with Gasteiger partial charge in [0.15, 0.2) is 0 Å². The molecule has 0 fully saturated rings. The molecule has 3 heteroatoms. The average molecular weight is 376 g/mol. The summed E-state index contributed by atoms with van der Waals surface area (Å²) >= 11 is 0. The zero-order valence-corrected chi connectivity index (χ0v) is 17.4. The molecule has 0 aromatic heterocycles. The molecule has 154 valence electrons. The number of allylic oxidation sites excluding steroid dienone is 8. The Hall–Kier alpha value is -1.61. The van der Waals surface area contributed by atoms with Crippen LogP contribution in [0.2, 0.25) is 0 Å². The number of carbonyl (C=O) groups excluding carboxylic acids is 1. The Kier molecular flexibility index (Phi) is 21.1. The molecule has 0 saturated carbocycles. The van der Waals surface area contributed by atoms with Crippen molar-refractivity contribution in [1.82, 2.24) is 5.32 Å². The predicted octanol–water partition coefficient (Wildman–Crippen LogP) is 6.02. The molecule has 27 heavy (non-hydrogen) atoms. The first-order valence-electron chi connectivity index (χ1n) is 10.8. The summed E-state index contributed by atoms with van der Waals surface area (Å²) in [5.74, 6) is 0.115. The van der Waals surface area contributed by atoms with Crippen molar-refractivity contribution in [2.24, 2.45) is 0 Å². The topological polar surface area (TPSA) is 49.3 Å². The van der Waals surface area contributed by atoms with E-state index < -0.39 is 0 Å². The van der Waals surface area contributed by atoms with Gasteiger partial charge in [0, 0.05) is 19.6 Å². The molecule has 0 aliphatic heterocycles. The van der Waals surface area contributed by atoms with Crippen LogP contribution in [0, 0.1) is 0 Å². The molecule has 0 bridgehead atoms. The lowest BCUT2D eigenvalue weighted by atomic mass is 10.2. The molecule has 0 saturated heterocycles. The summed E-state index contributed by atoms with van der Waals surface area (Å²) < 4.78 is 0. The highest BCUT2D eigenvalue weighted by Gasteiger charge is 1.98. The lowest BCUT2D eigenvalue weighted by molar-refractivity contribution is -0.121. The minimum Gasteiger partial charge on any atom is -0.396 e. The Labute approximate surface area is 167 Å². The van der Waals surface area contributed by atoms with Crippen molar-refractivity contribution < 1.29 is 9.90 Å². The first-order chi connectivity index (χ1) is 13.3. The zero-order valence-electron chi connectivity index (χ0n) is 17.4. The third-order valence-corrected chi connectivity index (χ3v) is 4.14. The number of amides is 1. The molecule has 0 unspecified atom stereocenters. The highest BCUT2D eigenvalue weighted by molar-refractivity contribution is 5.75. The number of carbonyl (C=O) groups is 1. The maximum Gasteiger partial charge on any atom is 0.220 e. The summed E-state index contributed by atoms with van der Waals surface area (Å²) in [5, 5.41) is 11.5. The van der Waals surface area contributed by atoms with Crippen LogP contribution in [-0.2, 0) is 4.79 Å². The molecule has 0 aliphatic carbocycles. The van der Waals surface area contributed by atoms with Crippen molar-refractivity contribution in [2.45, 2.75) is 84.0 Å². The highest BCUT2D eigenvalue weighted by atomic mass is 16.2. The second kappa shape index (κ2) is 22.4. The third kappa shape index (κ3) is 22.3. The standard InChI is InChI=1S/C24H41NO2/c1-2-3-4-5-6-7-8-9-10-11-12-13-14-15-16-17-18-21-24(27)25-22-19-20-23-26/h6-7,9-10,12-13,15-16,26H,2-5,8,11,14,17-23H2,1H3,(H,25,27)/b7-6-,10-9-,13-12-,16-15-. The fourth-order valence-electron chi connectivity index (χ4n) is 2.49. The van der Waals surface area contributed by atoms with Gasteiger partial charge in [-0.15, -0.1) is 0 Å². The van der Waals surface area contributed by atoms with E-state index in [-0.39, 0.29) is 12.5 Å². The first-order valence-corrected chi connectivity index (χ1v) is 10.8. The van der Waals surface area contributed by atoms with Crippen LogP contribution >= 0.6 is 0 Å². The molecular weight excluding hydrogens is 334 g/mol. The molecular formula is C24H41NO2. The van der Waals surface area contributed by atoms with E-state index in [0.717, 1.165) is 44.9 Å². The van der Waals surface area contributed by atoms with Crippen LogP contribution in [0.15, 0.2) is 48.6 Å². The Morgan fingerprint density at radius 3 is 1.85 bits per heavy atom. The van der Waals surface area contributed by atoms with Crippen LogP contribution in [-0.4, -0.2) is 24.2 Å². The number of aliphatic hydroxyl groups is 1. The van der Waals surface area contributed by atoms with Gasteiger partial charge in [-0.1, -0.05) is 68.4 Å². The summed E-state index contributed by atoms with van der Waals surface area (Å²) in [6.07, 6.45) is 29.9. The number of nitrogens with one attached hydrogen (secondary N) is 1. The zero-order chi connectivity index (χ0) is 19.8. The largest absolute Gasteiger partial charge is 0.396 e. The maximum absolute atomic E-state index is 11.5. The van der Waals surface area contributed by atoms with Gasteiger partial charge in [0.2, 0.25) is 5.91 Å². The van der Waals surface area contributed by atoms with Gasteiger partial charge in [-0.3, -0.25) is 4.79 Å². The van der Waals surface area contributed by atoms with Gasteiger partial charge in [0.25, 0.3) is 0 Å². The summed E-state index contributed by atoms with van der Waals surface area (Å²) in [6, 6.07) is 0. The average Bonchev–Trinajstić information content (AvgIpc) is 2.67. The van der Waals surface area contributed by atoms with Gasteiger partial charge in [0.1, 0.15) is 0 Å². The fourth-order valence-corrected chi connectivity index (χ4v) is 2.49. The second-order valence-corrected chi connectivity index (χ2v) is 6.76. The Morgan fingerprint density at radius 1 is 0.741 bits per heavy atom. The molecule has 0 aromatic rings. The Bertz CT molecular complexity index is 436. The predicted molar refractivity (Wildman–Crippen MR) is 118 cm³/mol. The number of hydrogen-bond acceptors (Lipinski definition) is 2. The van der Waals surface area contributed by atoms with Crippen molar-refractivity contribution in [3.8, 4) is 0 Å². The smallest absolute Gasteiger partial charge is 0.220 e. The SMILES string of the molecule is CCCCC/C=C\C/C=C\C/C=C\C/C=C\CCCC(=O)NCCCCO. The fraction of sp³-hybridized carbons (Fsp3) is 0.625. The Balaban J connectivity index is 3.44. The van der Waals surface area contributed by atoms with Crippen LogP contribution in [0.5, 0.6) is 0 Å². The van der Waals surface area contributed by atoms with E-state index in [0.29, 0.717) is 13.0 Å². The van der Waals surface area contributed by atoms with Crippen molar-refractivity contribution in [1.29, 1.82) is 0 Å². The molecule has 0 radical (unpaired) electrons. The van der Waals surface area contributed by atoms with E-state index in [1.54, 1.807) is 0 Å². The summed E-state index contributed by atoms with van der Waals surface area (Å²) in [4.78, 5) is 11.5. The third-order valence-electron chi connectivity index (χ3n) is 4.14. The molecule has 1 amide bonds. The lowest BCUT2D eigenvalue weighted by Crippen LogP contribution is -2.24. The molecule has 3 nitrogen and oxygen atoms in total. The number of rotatable bonds is 18. The summed E-state index contributed by atoms with van der Waals surface area (Å²) in [6.45, 7) is 3.10. The maximum atomic E-state index is 11.5. The van der Waals surface area contributed by atoms with Crippen molar-refractivity contribution in [3.63, 3.8) is 0 Å². The number of aliphatic hydroxyl groups excluding tert-OH is 1. The van der Waals surface area contributed by atoms with Gasteiger partial charge >= 0.3 is 0 Å². The summed E-state index contributed by atoms with van der Waals surface area (Å²) in [7, 11) is 0. The van der Waals surface area contributed by atoms with E-state index in [1.165, 1.54) is 25.7 Å². The second-order valence-electron chi connectivity index (χ2n) is 6.76. The van der Waals surface area contributed by atoms with E-state index in [9.17, 15) is 4.79 Å². The quantitative estimate of drug-likeness (QED) is 0.227. The summed E-state index contributed by atoms with van der Waals surface area (Å²) in [5.41, 5.74) is 0. The van der Waals surface area contributed by atoms with E-state index in [2.05, 4.69) is 60.8 Å². The molecule has 0 rings (SSSR count). The molecule has 2 N–H and O–H groups in total. The lowest BCUT2D eigenvalue weighted by Gasteiger charge is -2.03. The van der Waals surface area contributed by atoms with Gasteiger partial charge < -0.3 is 10.4 Å². The molecule has 0 aliphatic rings. The van der Waals surface area contributed by atoms with Gasteiger partial charge in [-0.05, 0) is 57.8 Å². The van der Waals surface area contributed by atoms with Crippen molar-refractivity contribution >= 4 is 5.91 Å². The first kappa shape index (κ1) is 25.4. The van der Waals surface area contributed by atoms with Gasteiger partial charge in [-0.2, -0.15) is 0 Å². The molecule has 0 atom stereocenters. The van der Waals surface area contributed by atoms with Gasteiger partial charge in [0.05, 0.1) is 0 Å². The highest BCUT2D eigenvalue weighted by Crippen LogP contribution is 2.01. The number of hydrogen-bond donors (Lipinski definition) is 2. The van der Waals surface area contributed by atoms with Crippen molar-refractivity contribution in [3.05, 3.63) is 48.6 Å². The molecule has 0 aromatic carbocycles. The van der Waals surface area contributed by atoms with Crippen LogP contribution in [0.3, 0.4) is 0 Å². The monoisotopic (exact) mass is 375 g/mol. The molecule has 0 heterocycles. The van der Waals surface area contributed by atoms with Crippen molar-refractivity contribution in [2.75, 3.05) is 13.2 Å². The van der Waals surface area contributed by atoms with Crippen LogP contribution in [0.25, 0.3) is 0 Å². The van der Waals surface area contributed by atoms with E-state index >= 15 is 0 Å². The minimum absolute atomic E-state index is 0.115. The van der Waals surface area contributed by atoms with E-state index in [4.69, 9.17) is 5.11 Å². The van der Waals surface area contributed by atoms with Crippen LogP contribution in [0.4, 0.5) is 0 Å². The normalized spacial score (nSPS) is 12.2. The van der Waals surface area contributed by atoms with E-state index in [1.807, 2.05) is 0 Å². The number of unbranched alkanes of at least 4 members (excludes halogenated alkanes) is 5. The molecule has 0 spiro atoms. The van der Waals surface area contributed by atoms with Gasteiger partial charge in [-0.25, -0.2) is 0 Å². The minimum atomic E-state index is 0.115.